The zero-order chi connectivity index (χ0) is 19.5. The van der Waals surface area contributed by atoms with Gasteiger partial charge in [-0.1, -0.05) is 36.4 Å². The average molecular weight is 380 g/mol. The second-order valence-electron chi connectivity index (χ2n) is 7.39. The Morgan fingerprint density at radius 2 is 1.86 bits per heavy atom. The van der Waals surface area contributed by atoms with Crippen LogP contribution in [0.3, 0.4) is 0 Å². The van der Waals surface area contributed by atoms with Crippen molar-refractivity contribution in [2.45, 2.75) is 31.5 Å². The normalized spacial score (nSPS) is 23.8. The number of ether oxygens (including phenoxy) is 1. The predicted octanol–water partition coefficient (Wildman–Crippen LogP) is 3.94. The summed E-state index contributed by atoms with van der Waals surface area (Å²) in [6.07, 6.45) is 6.21. The van der Waals surface area contributed by atoms with Crippen LogP contribution in [-0.2, 0) is 11.3 Å². The van der Waals surface area contributed by atoms with Crippen LogP contribution in [-0.4, -0.2) is 41.9 Å². The number of halogens is 1. The molecule has 0 aromatic heterocycles. The molecule has 28 heavy (non-hydrogen) atoms. The fraction of sp³-hybridized carbons (Fsp3) is 0.348. The molecule has 4 nitrogen and oxygen atoms in total. The maximum absolute atomic E-state index is 13.5. The molecule has 2 aromatic rings. The number of nitrogens with zero attached hydrogens (tertiary/aromatic N) is 2. The number of hydrogen-bond acceptors (Lipinski definition) is 3. The molecule has 0 saturated carbocycles. The van der Waals surface area contributed by atoms with Crippen LogP contribution in [0.4, 0.5) is 4.39 Å². The van der Waals surface area contributed by atoms with E-state index in [0.29, 0.717) is 6.54 Å². The van der Waals surface area contributed by atoms with Crippen molar-refractivity contribution in [3.8, 4) is 5.75 Å². The summed E-state index contributed by atoms with van der Waals surface area (Å²) in [5, 5.41) is 0. The number of amides is 1. The van der Waals surface area contributed by atoms with E-state index < -0.39 is 0 Å². The molecule has 2 heterocycles. The Labute approximate surface area is 165 Å². The highest BCUT2D eigenvalue weighted by molar-refractivity contribution is 5.83. The SMILES string of the molecule is COc1ccc(C2/C=C\CN3CCC[C@H]3C(=O)N2Cc2ccc(F)cc2)cc1. The van der Waals surface area contributed by atoms with E-state index in [4.69, 9.17) is 4.74 Å². The number of carbonyl (C=O) groups is 1. The van der Waals surface area contributed by atoms with Gasteiger partial charge in [-0.25, -0.2) is 4.39 Å². The van der Waals surface area contributed by atoms with Crippen molar-refractivity contribution in [2.75, 3.05) is 20.2 Å². The van der Waals surface area contributed by atoms with Gasteiger partial charge in [0.15, 0.2) is 0 Å². The van der Waals surface area contributed by atoms with Crippen LogP contribution >= 0.6 is 0 Å². The molecule has 146 valence electrons. The summed E-state index contributed by atoms with van der Waals surface area (Å²) in [4.78, 5) is 17.7. The van der Waals surface area contributed by atoms with Gasteiger partial charge in [0.1, 0.15) is 11.6 Å². The molecule has 0 N–H and O–H groups in total. The van der Waals surface area contributed by atoms with Gasteiger partial charge >= 0.3 is 0 Å². The van der Waals surface area contributed by atoms with Crippen molar-refractivity contribution in [1.29, 1.82) is 0 Å². The Kier molecular flexibility index (Phi) is 5.44. The van der Waals surface area contributed by atoms with Crippen molar-refractivity contribution in [1.82, 2.24) is 9.80 Å². The lowest BCUT2D eigenvalue weighted by molar-refractivity contribution is -0.138. The maximum atomic E-state index is 13.5. The molecule has 0 aliphatic carbocycles. The summed E-state index contributed by atoms with van der Waals surface area (Å²) in [5.41, 5.74) is 1.96. The minimum Gasteiger partial charge on any atom is -0.497 e. The molecule has 1 saturated heterocycles. The summed E-state index contributed by atoms with van der Waals surface area (Å²) in [6, 6.07) is 14.0. The summed E-state index contributed by atoms with van der Waals surface area (Å²) < 4.78 is 18.6. The molecule has 2 aliphatic rings. The third-order valence-electron chi connectivity index (χ3n) is 5.65. The smallest absolute Gasteiger partial charge is 0.241 e. The Balaban J connectivity index is 1.70. The van der Waals surface area contributed by atoms with Crippen LogP contribution in [0.1, 0.15) is 30.0 Å². The molecule has 2 atom stereocenters. The second kappa shape index (κ2) is 8.15. The van der Waals surface area contributed by atoms with E-state index in [1.807, 2.05) is 29.2 Å². The molecular weight excluding hydrogens is 355 g/mol. The highest BCUT2D eigenvalue weighted by Crippen LogP contribution is 2.31. The molecule has 1 amide bonds. The quantitative estimate of drug-likeness (QED) is 0.754. The van der Waals surface area contributed by atoms with Gasteiger partial charge < -0.3 is 9.64 Å². The van der Waals surface area contributed by atoms with Crippen molar-refractivity contribution >= 4 is 5.91 Å². The van der Waals surface area contributed by atoms with E-state index in [2.05, 4.69) is 17.1 Å². The maximum Gasteiger partial charge on any atom is 0.241 e. The number of hydrogen-bond donors (Lipinski definition) is 0. The summed E-state index contributed by atoms with van der Waals surface area (Å²) in [5.74, 6) is 0.667. The van der Waals surface area contributed by atoms with E-state index in [0.717, 1.165) is 42.8 Å². The lowest BCUT2D eigenvalue weighted by Crippen LogP contribution is -2.47. The molecule has 1 unspecified atom stereocenters. The Morgan fingerprint density at radius 3 is 2.57 bits per heavy atom. The molecule has 2 aromatic carbocycles. The predicted molar refractivity (Wildman–Crippen MR) is 106 cm³/mol. The molecule has 0 spiro atoms. The van der Waals surface area contributed by atoms with Crippen LogP contribution in [0.5, 0.6) is 5.75 Å². The molecule has 1 fully saturated rings. The average Bonchev–Trinajstić information content (AvgIpc) is 3.18. The molecular formula is C23H25FN2O2. The number of methoxy groups -OCH3 is 1. The number of carbonyl (C=O) groups excluding carboxylic acids is 1. The van der Waals surface area contributed by atoms with Gasteiger partial charge in [-0.05, 0) is 54.8 Å². The highest BCUT2D eigenvalue weighted by Gasteiger charge is 2.37. The monoisotopic (exact) mass is 380 g/mol. The van der Waals surface area contributed by atoms with Gasteiger partial charge in [0.25, 0.3) is 0 Å². The molecule has 4 rings (SSSR count). The third-order valence-corrected chi connectivity index (χ3v) is 5.65. The Morgan fingerprint density at radius 1 is 1.11 bits per heavy atom. The minimum absolute atomic E-state index is 0.0776. The lowest BCUT2D eigenvalue weighted by Gasteiger charge is -2.36. The number of rotatable bonds is 4. The number of fused-ring (bicyclic) bond motifs is 1. The van der Waals surface area contributed by atoms with Gasteiger partial charge in [-0.15, -0.1) is 0 Å². The standard InChI is InChI=1S/C23H25FN2O2/c1-28-20-12-8-18(9-13-20)21-4-2-14-25-15-3-5-22(25)23(27)26(21)16-17-6-10-19(24)11-7-17/h2,4,6-13,21-22H,3,5,14-16H2,1H3/b4-2-/t21?,22-/m0/s1. The summed E-state index contributed by atoms with van der Waals surface area (Å²) in [6.45, 7) is 2.20. The molecule has 2 aliphatic heterocycles. The van der Waals surface area contributed by atoms with Crippen molar-refractivity contribution in [3.63, 3.8) is 0 Å². The van der Waals surface area contributed by atoms with E-state index in [-0.39, 0.29) is 23.8 Å². The molecule has 0 bridgehead atoms. The molecule has 5 heteroatoms. The van der Waals surface area contributed by atoms with Crippen LogP contribution in [0.2, 0.25) is 0 Å². The second-order valence-corrected chi connectivity index (χ2v) is 7.39. The van der Waals surface area contributed by atoms with Gasteiger partial charge in [0.05, 0.1) is 19.2 Å². The first-order chi connectivity index (χ1) is 13.7. The fourth-order valence-electron chi connectivity index (χ4n) is 4.14. The fourth-order valence-corrected chi connectivity index (χ4v) is 4.14. The van der Waals surface area contributed by atoms with E-state index in [1.54, 1.807) is 19.2 Å². The highest BCUT2D eigenvalue weighted by atomic mass is 19.1. The topological polar surface area (TPSA) is 32.8 Å². The minimum atomic E-state index is -0.267. The Hall–Kier alpha value is -2.66. The molecule has 0 radical (unpaired) electrons. The first-order valence-corrected chi connectivity index (χ1v) is 9.75. The van der Waals surface area contributed by atoms with E-state index >= 15 is 0 Å². The zero-order valence-electron chi connectivity index (χ0n) is 16.1. The van der Waals surface area contributed by atoms with Crippen molar-refractivity contribution < 1.29 is 13.9 Å². The van der Waals surface area contributed by atoms with Crippen molar-refractivity contribution in [3.05, 3.63) is 77.6 Å². The summed E-state index contributed by atoms with van der Waals surface area (Å²) >= 11 is 0. The van der Waals surface area contributed by atoms with Gasteiger partial charge in [-0.2, -0.15) is 0 Å². The van der Waals surface area contributed by atoms with Crippen LogP contribution in [0.25, 0.3) is 0 Å². The Bertz CT molecular complexity index is 848. The van der Waals surface area contributed by atoms with E-state index in [1.165, 1.54) is 12.1 Å². The first kappa shape index (κ1) is 18.7. The lowest BCUT2D eigenvalue weighted by atomic mass is 10.00. The van der Waals surface area contributed by atoms with Crippen molar-refractivity contribution in [2.24, 2.45) is 0 Å². The van der Waals surface area contributed by atoms with Gasteiger partial charge in [0.2, 0.25) is 5.91 Å². The van der Waals surface area contributed by atoms with Crippen LogP contribution < -0.4 is 4.74 Å². The number of benzene rings is 2. The first-order valence-electron chi connectivity index (χ1n) is 9.75. The van der Waals surface area contributed by atoms with Crippen LogP contribution in [0, 0.1) is 5.82 Å². The van der Waals surface area contributed by atoms with E-state index in [9.17, 15) is 9.18 Å². The summed E-state index contributed by atoms with van der Waals surface area (Å²) in [7, 11) is 1.64. The van der Waals surface area contributed by atoms with Crippen LogP contribution in [0.15, 0.2) is 60.7 Å². The van der Waals surface area contributed by atoms with Gasteiger partial charge in [0, 0.05) is 13.1 Å². The largest absolute Gasteiger partial charge is 0.497 e. The zero-order valence-corrected chi connectivity index (χ0v) is 16.1. The third kappa shape index (κ3) is 3.80. The van der Waals surface area contributed by atoms with Gasteiger partial charge in [-0.3, -0.25) is 9.69 Å².